The summed E-state index contributed by atoms with van der Waals surface area (Å²) in [5, 5.41) is 2.93. The fourth-order valence-electron chi connectivity index (χ4n) is 4.17. The summed E-state index contributed by atoms with van der Waals surface area (Å²) in [6.45, 7) is 8.95. The van der Waals surface area contributed by atoms with Gasteiger partial charge in [0.25, 0.3) is 10.0 Å². The first-order valence-corrected chi connectivity index (χ1v) is 16.1. The Morgan fingerprint density at radius 1 is 0.951 bits per heavy atom. The Balaban J connectivity index is 2.08. The van der Waals surface area contributed by atoms with Gasteiger partial charge in [-0.3, -0.25) is 13.9 Å². The zero-order valence-corrected chi connectivity index (χ0v) is 26.1. The summed E-state index contributed by atoms with van der Waals surface area (Å²) in [6.07, 6.45) is 1.91. The maximum atomic E-state index is 14.1. The van der Waals surface area contributed by atoms with E-state index in [9.17, 15) is 18.0 Å². The zero-order chi connectivity index (χ0) is 30.2. The minimum absolute atomic E-state index is 0.0440. The lowest BCUT2D eigenvalue weighted by Crippen LogP contribution is -2.54. The number of nitrogens with zero attached hydrogens (tertiary/aromatic N) is 2. The number of hydrogen-bond acceptors (Lipinski definition) is 6. The monoisotopic (exact) mass is 597 g/mol. The number of anilines is 1. The molecule has 0 aromatic heterocycles. The first-order chi connectivity index (χ1) is 19.4. The molecule has 3 aromatic carbocycles. The minimum Gasteiger partial charge on any atom is -0.492 e. The summed E-state index contributed by atoms with van der Waals surface area (Å²) in [5.41, 5.74) is 0.540. The Morgan fingerprint density at radius 2 is 1.56 bits per heavy atom. The van der Waals surface area contributed by atoms with Crippen molar-refractivity contribution in [3.63, 3.8) is 0 Å². The Kier molecular flexibility index (Phi) is 10.9. The summed E-state index contributed by atoms with van der Waals surface area (Å²) < 4.78 is 35.1. The smallest absolute Gasteiger partial charge is 0.264 e. The largest absolute Gasteiger partial charge is 0.492 e. The zero-order valence-electron chi connectivity index (χ0n) is 24.5. The molecule has 0 saturated heterocycles. The van der Waals surface area contributed by atoms with Gasteiger partial charge in [0.2, 0.25) is 11.8 Å². The van der Waals surface area contributed by atoms with Crippen LogP contribution in [0.1, 0.15) is 40.2 Å². The summed E-state index contributed by atoms with van der Waals surface area (Å²) in [7, 11) is -4.20. The van der Waals surface area contributed by atoms with E-state index in [0.29, 0.717) is 12.4 Å². The van der Waals surface area contributed by atoms with Crippen LogP contribution < -0.4 is 14.4 Å². The number of rotatable bonds is 12. The number of thioether (sulfide) groups is 1. The quantitative estimate of drug-likeness (QED) is 0.284. The van der Waals surface area contributed by atoms with Crippen molar-refractivity contribution < 1.29 is 22.7 Å². The van der Waals surface area contributed by atoms with Crippen molar-refractivity contribution in [2.75, 3.05) is 23.7 Å². The maximum Gasteiger partial charge on any atom is 0.264 e. The Morgan fingerprint density at radius 3 is 2.15 bits per heavy atom. The van der Waals surface area contributed by atoms with Gasteiger partial charge < -0.3 is 15.0 Å². The van der Waals surface area contributed by atoms with Gasteiger partial charge >= 0.3 is 0 Å². The van der Waals surface area contributed by atoms with Gasteiger partial charge in [-0.25, -0.2) is 8.42 Å². The van der Waals surface area contributed by atoms with Crippen molar-refractivity contribution in [3.05, 3.63) is 84.4 Å². The number of benzene rings is 3. The molecule has 3 rings (SSSR count). The van der Waals surface area contributed by atoms with Crippen molar-refractivity contribution >= 4 is 39.3 Å². The molecule has 0 unspecified atom stereocenters. The van der Waals surface area contributed by atoms with E-state index >= 15 is 0 Å². The lowest BCUT2D eigenvalue weighted by molar-refractivity contribution is -0.140. The molecular formula is C31H39N3O5S2. The second-order valence-electron chi connectivity index (χ2n) is 10.5. The second-order valence-corrected chi connectivity index (χ2v) is 13.3. The normalized spacial score (nSPS) is 12.3. The van der Waals surface area contributed by atoms with Crippen LogP contribution in [0.25, 0.3) is 0 Å². The number of nitrogens with one attached hydrogen (secondary N) is 1. The van der Waals surface area contributed by atoms with Crippen LogP contribution in [-0.4, -0.2) is 56.1 Å². The van der Waals surface area contributed by atoms with Gasteiger partial charge in [-0.15, -0.1) is 11.8 Å². The third-order valence-electron chi connectivity index (χ3n) is 6.22. The maximum absolute atomic E-state index is 14.1. The standard InChI is InChI=1S/C31H39N3O5S2/c1-7-39-28-16-12-11-15-27(28)34(41(37,38)26-19-17-25(40-6)18-20-26)22-29(35)33(21-24-13-9-8-10-14-24)23(2)30(36)32-31(3,4)5/h8-20,23H,7,21-22H2,1-6H3,(H,32,36)/t23-/m1/s1. The molecule has 0 fully saturated rings. The number of amides is 2. The summed E-state index contributed by atoms with van der Waals surface area (Å²) in [6, 6.07) is 21.7. The van der Waals surface area contributed by atoms with Crippen LogP contribution in [-0.2, 0) is 26.2 Å². The number of carbonyl (C=O) groups excluding carboxylic acids is 2. The number of para-hydroxylation sites is 2. The third-order valence-corrected chi connectivity index (χ3v) is 8.74. The highest BCUT2D eigenvalue weighted by molar-refractivity contribution is 7.98. The predicted octanol–water partition coefficient (Wildman–Crippen LogP) is 5.33. The van der Waals surface area contributed by atoms with E-state index < -0.39 is 34.1 Å². The van der Waals surface area contributed by atoms with Gasteiger partial charge in [-0.2, -0.15) is 0 Å². The van der Waals surface area contributed by atoms with E-state index in [0.717, 1.165) is 14.8 Å². The second kappa shape index (κ2) is 13.9. The van der Waals surface area contributed by atoms with Crippen LogP contribution in [0.4, 0.5) is 5.69 Å². The van der Waals surface area contributed by atoms with Gasteiger partial charge in [-0.1, -0.05) is 42.5 Å². The third kappa shape index (κ3) is 8.50. The highest BCUT2D eigenvalue weighted by Gasteiger charge is 2.34. The fourth-order valence-corrected chi connectivity index (χ4v) is 6.00. The number of ether oxygens (including phenoxy) is 1. The molecular weight excluding hydrogens is 558 g/mol. The first kappa shape index (κ1) is 32.0. The van der Waals surface area contributed by atoms with Gasteiger partial charge in [0.15, 0.2) is 0 Å². The minimum atomic E-state index is -4.20. The molecule has 3 aromatic rings. The lowest BCUT2D eigenvalue weighted by Gasteiger charge is -2.33. The molecule has 2 amide bonds. The number of hydrogen-bond donors (Lipinski definition) is 1. The molecule has 0 radical (unpaired) electrons. The molecule has 0 aliphatic rings. The van der Waals surface area contributed by atoms with Gasteiger partial charge in [0, 0.05) is 17.0 Å². The van der Waals surface area contributed by atoms with E-state index in [4.69, 9.17) is 4.74 Å². The molecule has 10 heteroatoms. The van der Waals surface area contributed by atoms with Crippen molar-refractivity contribution in [2.45, 2.75) is 62.5 Å². The number of carbonyl (C=O) groups is 2. The van der Waals surface area contributed by atoms with Gasteiger partial charge in [-0.05, 0) is 82.8 Å². The highest BCUT2D eigenvalue weighted by Crippen LogP contribution is 2.33. The summed E-state index contributed by atoms with van der Waals surface area (Å²) in [5.74, 6) is -0.528. The fraction of sp³-hybridized carbons (Fsp3) is 0.355. The van der Waals surface area contributed by atoms with Crippen molar-refractivity contribution in [3.8, 4) is 5.75 Å². The summed E-state index contributed by atoms with van der Waals surface area (Å²) >= 11 is 1.50. The molecule has 0 heterocycles. The van der Waals surface area contributed by atoms with Crippen LogP contribution in [0.3, 0.4) is 0 Å². The Bertz CT molecular complexity index is 1420. The first-order valence-electron chi connectivity index (χ1n) is 13.4. The van der Waals surface area contributed by atoms with E-state index in [2.05, 4.69) is 5.32 Å². The molecule has 41 heavy (non-hydrogen) atoms. The highest BCUT2D eigenvalue weighted by atomic mass is 32.2. The van der Waals surface area contributed by atoms with Crippen LogP contribution in [0, 0.1) is 0 Å². The molecule has 0 saturated carbocycles. The van der Waals surface area contributed by atoms with Gasteiger partial charge in [0.05, 0.1) is 17.2 Å². The summed E-state index contributed by atoms with van der Waals surface area (Å²) in [4.78, 5) is 29.7. The van der Waals surface area contributed by atoms with E-state index in [1.165, 1.54) is 28.8 Å². The van der Waals surface area contributed by atoms with Crippen LogP contribution in [0.2, 0.25) is 0 Å². The molecule has 1 atom stereocenters. The van der Waals surface area contributed by atoms with Crippen LogP contribution in [0.5, 0.6) is 5.75 Å². The van der Waals surface area contributed by atoms with E-state index in [-0.39, 0.29) is 23.0 Å². The molecule has 0 spiro atoms. The SMILES string of the molecule is CCOc1ccccc1N(CC(=O)N(Cc1ccccc1)[C@H](C)C(=O)NC(C)(C)C)S(=O)(=O)c1ccc(SC)cc1. The van der Waals surface area contributed by atoms with Crippen molar-refractivity contribution in [1.82, 2.24) is 10.2 Å². The Labute approximate surface area is 248 Å². The van der Waals surface area contributed by atoms with E-state index in [1.807, 2.05) is 57.4 Å². The van der Waals surface area contributed by atoms with Crippen molar-refractivity contribution in [1.29, 1.82) is 0 Å². The van der Waals surface area contributed by atoms with Crippen LogP contribution in [0.15, 0.2) is 88.7 Å². The number of sulfonamides is 1. The molecule has 220 valence electrons. The molecule has 1 N–H and O–H groups in total. The van der Waals surface area contributed by atoms with Gasteiger partial charge in [0.1, 0.15) is 18.3 Å². The Hall–Kier alpha value is -3.50. The molecule has 0 aliphatic carbocycles. The molecule has 0 aliphatic heterocycles. The lowest BCUT2D eigenvalue weighted by atomic mass is 10.1. The average Bonchev–Trinajstić information content (AvgIpc) is 2.94. The van der Waals surface area contributed by atoms with E-state index in [1.54, 1.807) is 50.2 Å². The van der Waals surface area contributed by atoms with Crippen LogP contribution >= 0.6 is 11.8 Å². The predicted molar refractivity (Wildman–Crippen MR) is 165 cm³/mol. The topological polar surface area (TPSA) is 96.0 Å². The molecule has 0 bridgehead atoms. The average molecular weight is 598 g/mol. The molecule has 8 nitrogen and oxygen atoms in total. The van der Waals surface area contributed by atoms with Crippen molar-refractivity contribution in [2.24, 2.45) is 0 Å².